The van der Waals surface area contributed by atoms with Crippen LogP contribution in [0.15, 0.2) is 0 Å². The van der Waals surface area contributed by atoms with Gasteiger partial charge in [-0.15, -0.1) is 0 Å². The van der Waals surface area contributed by atoms with E-state index in [1.807, 2.05) is 0 Å². The highest BCUT2D eigenvalue weighted by molar-refractivity contribution is 5.87. The number of Topliss-reactive ketones (excluding diaryl/α,β-unsaturated/α-hetero) is 2. The van der Waals surface area contributed by atoms with Crippen molar-refractivity contribution in [3.8, 4) is 0 Å². The van der Waals surface area contributed by atoms with E-state index >= 15 is 0 Å². The van der Waals surface area contributed by atoms with E-state index in [1.165, 1.54) is 19.3 Å². The van der Waals surface area contributed by atoms with Gasteiger partial charge in [0.2, 0.25) is 0 Å². The average Bonchev–Trinajstić information content (AvgIpc) is 3.13. The third-order valence-electron chi connectivity index (χ3n) is 9.08. The minimum Gasteiger partial charge on any atom is -0.370 e. The highest BCUT2D eigenvalue weighted by atomic mass is 16.6. The number of hydrogen-bond acceptors (Lipinski definition) is 3. The third-order valence-corrected chi connectivity index (χ3v) is 9.08. The molecule has 0 bridgehead atoms. The number of carbonyl (C=O) groups is 2. The molecule has 4 aliphatic carbocycles. The molecule has 4 saturated carbocycles. The molecule has 5 aliphatic rings. The molecule has 132 valence electrons. The fraction of sp³-hybridized carbons (Fsp3) is 0.905. The summed E-state index contributed by atoms with van der Waals surface area (Å²) in [5.74, 6) is 2.87. The molecular weight excluding hydrogens is 300 g/mol. The van der Waals surface area contributed by atoms with E-state index in [2.05, 4.69) is 13.8 Å². The Morgan fingerprint density at radius 3 is 2.62 bits per heavy atom. The first-order chi connectivity index (χ1) is 11.3. The molecule has 0 aromatic heterocycles. The lowest BCUT2D eigenvalue weighted by Gasteiger charge is -2.58. The summed E-state index contributed by atoms with van der Waals surface area (Å²) in [5, 5.41) is 0. The summed E-state index contributed by atoms with van der Waals surface area (Å²) in [6.07, 6.45) is 8.44. The molecule has 0 aromatic carbocycles. The van der Waals surface area contributed by atoms with Crippen molar-refractivity contribution in [3.63, 3.8) is 0 Å². The molecule has 5 fully saturated rings. The van der Waals surface area contributed by atoms with E-state index in [1.54, 1.807) is 6.92 Å². The minimum absolute atomic E-state index is 0.0689. The Bertz CT molecular complexity index is 612. The molecular formula is C21H30O3. The van der Waals surface area contributed by atoms with Crippen LogP contribution in [-0.2, 0) is 14.3 Å². The maximum Gasteiger partial charge on any atom is 0.137 e. The quantitative estimate of drug-likeness (QED) is 0.687. The summed E-state index contributed by atoms with van der Waals surface area (Å²) in [7, 11) is 0. The number of carbonyl (C=O) groups excluding carboxylic acids is 2. The van der Waals surface area contributed by atoms with E-state index in [0.717, 1.165) is 19.3 Å². The molecule has 1 heterocycles. The fourth-order valence-corrected chi connectivity index (χ4v) is 8.01. The molecule has 9 atom stereocenters. The maximum atomic E-state index is 13.4. The Morgan fingerprint density at radius 1 is 1.08 bits per heavy atom. The first-order valence-corrected chi connectivity index (χ1v) is 10.0. The second kappa shape index (κ2) is 4.72. The third kappa shape index (κ3) is 1.83. The van der Waals surface area contributed by atoms with Crippen molar-refractivity contribution in [3.05, 3.63) is 0 Å². The van der Waals surface area contributed by atoms with Crippen LogP contribution in [0.4, 0.5) is 0 Å². The lowest BCUT2D eigenvalue weighted by atomic mass is 9.44. The highest BCUT2D eigenvalue weighted by Gasteiger charge is 2.66. The largest absolute Gasteiger partial charge is 0.370 e. The SMILES string of the molecule is CC(=O)[C@H]1CC[C@H]2[C@@H]3CC[C@H]4C[C@H]5O[C@H]5C[C@]4(C)[C@H]3C(=O)C[C@]12C. The van der Waals surface area contributed by atoms with Crippen LogP contribution in [0.2, 0.25) is 0 Å². The van der Waals surface area contributed by atoms with Crippen LogP contribution >= 0.6 is 0 Å². The van der Waals surface area contributed by atoms with Gasteiger partial charge in [-0.05, 0) is 74.0 Å². The second-order valence-corrected chi connectivity index (χ2v) is 10.1. The van der Waals surface area contributed by atoms with Gasteiger partial charge < -0.3 is 4.74 Å². The van der Waals surface area contributed by atoms with Crippen LogP contribution in [0.25, 0.3) is 0 Å². The van der Waals surface area contributed by atoms with Crippen molar-refractivity contribution >= 4 is 11.6 Å². The highest BCUT2D eigenvalue weighted by Crippen LogP contribution is 2.67. The molecule has 3 nitrogen and oxygen atoms in total. The van der Waals surface area contributed by atoms with Crippen molar-refractivity contribution in [2.45, 2.75) is 77.9 Å². The zero-order chi connectivity index (χ0) is 16.9. The number of ether oxygens (including phenoxy) is 1. The van der Waals surface area contributed by atoms with Gasteiger partial charge >= 0.3 is 0 Å². The van der Waals surface area contributed by atoms with Gasteiger partial charge in [0.25, 0.3) is 0 Å². The zero-order valence-electron chi connectivity index (χ0n) is 15.2. The second-order valence-electron chi connectivity index (χ2n) is 10.1. The molecule has 24 heavy (non-hydrogen) atoms. The monoisotopic (exact) mass is 330 g/mol. The molecule has 1 aliphatic heterocycles. The average molecular weight is 330 g/mol. The predicted octanol–water partition coefficient (Wildman–Crippen LogP) is 3.79. The van der Waals surface area contributed by atoms with Gasteiger partial charge in [0.05, 0.1) is 12.2 Å². The topological polar surface area (TPSA) is 46.7 Å². The van der Waals surface area contributed by atoms with Crippen molar-refractivity contribution in [2.75, 3.05) is 0 Å². The van der Waals surface area contributed by atoms with Gasteiger partial charge in [0.1, 0.15) is 11.6 Å². The molecule has 0 aromatic rings. The van der Waals surface area contributed by atoms with Gasteiger partial charge in [-0.1, -0.05) is 13.8 Å². The Labute approximate surface area is 144 Å². The van der Waals surface area contributed by atoms with E-state index < -0.39 is 0 Å². The normalized spacial score (nSPS) is 58.3. The van der Waals surface area contributed by atoms with E-state index in [0.29, 0.717) is 47.9 Å². The summed E-state index contributed by atoms with van der Waals surface area (Å²) in [5.41, 5.74) is 0.0773. The smallest absolute Gasteiger partial charge is 0.137 e. The summed E-state index contributed by atoms with van der Waals surface area (Å²) < 4.78 is 5.85. The Balaban J connectivity index is 1.51. The molecule has 0 N–H and O–H groups in total. The fourth-order valence-electron chi connectivity index (χ4n) is 8.01. The van der Waals surface area contributed by atoms with E-state index in [-0.39, 0.29) is 22.7 Å². The summed E-state index contributed by atoms with van der Waals surface area (Å²) in [6, 6.07) is 0. The first-order valence-electron chi connectivity index (χ1n) is 10.0. The number of ketones is 2. The van der Waals surface area contributed by atoms with Crippen LogP contribution in [0, 0.1) is 40.4 Å². The Kier molecular flexibility index (Phi) is 3.06. The van der Waals surface area contributed by atoms with Crippen molar-refractivity contribution in [1.29, 1.82) is 0 Å². The van der Waals surface area contributed by atoms with Gasteiger partial charge in [-0.2, -0.15) is 0 Å². The first kappa shape index (κ1) is 15.5. The van der Waals surface area contributed by atoms with Crippen LogP contribution < -0.4 is 0 Å². The van der Waals surface area contributed by atoms with Crippen molar-refractivity contribution in [1.82, 2.24) is 0 Å². The van der Waals surface area contributed by atoms with Crippen molar-refractivity contribution in [2.24, 2.45) is 40.4 Å². The molecule has 5 rings (SSSR count). The Hall–Kier alpha value is -0.700. The minimum atomic E-state index is -0.0689. The maximum absolute atomic E-state index is 13.4. The molecule has 0 amide bonds. The van der Waals surface area contributed by atoms with Crippen LogP contribution in [-0.4, -0.2) is 23.8 Å². The van der Waals surface area contributed by atoms with E-state index in [4.69, 9.17) is 4.74 Å². The predicted molar refractivity (Wildman–Crippen MR) is 90.3 cm³/mol. The molecule has 0 unspecified atom stereocenters. The molecule has 1 saturated heterocycles. The van der Waals surface area contributed by atoms with E-state index in [9.17, 15) is 9.59 Å². The number of hydrogen-bond donors (Lipinski definition) is 0. The van der Waals surface area contributed by atoms with Crippen LogP contribution in [0.3, 0.4) is 0 Å². The lowest BCUT2D eigenvalue weighted by molar-refractivity contribution is -0.157. The number of epoxide rings is 1. The summed E-state index contributed by atoms with van der Waals surface area (Å²) >= 11 is 0. The van der Waals surface area contributed by atoms with Gasteiger partial charge in [-0.3, -0.25) is 9.59 Å². The zero-order valence-corrected chi connectivity index (χ0v) is 15.2. The van der Waals surface area contributed by atoms with Crippen LogP contribution in [0.1, 0.15) is 65.7 Å². The number of fused-ring (bicyclic) bond motifs is 6. The van der Waals surface area contributed by atoms with Gasteiger partial charge in [0.15, 0.2) is 0 Å². The number of rotatable bonds is 1. The molecule has 3 heteroatoms. The van der Waals surface area contributed by atoms with Crippen molar-refractivity contribution < 1.29 is 14.3 Å². The standard InChI is InChI=1S/C21H30O3/c1-11(22)14-6-7-15-13-5-4-12-8-17-18(24-17)10-20(12,2)19(13)16(23)9-21(14,15)3/h12-15,17-19H,4-10H2,1-3H3/t12-,13-,14+,15-,17+,18-,19+,20-,21+/m0/s1. The van der Waals surface area contributed by atoms with Crippen LogP contribution in [0.5, 0.6) is 0 Å². The molecule has 0 spiro atoms. The Morgan fingerprint density at radius 2 is 1.88 bits per heavy atom. The van der Waals surface area contributed by atoms with Gasteiger partial charge in [-0.25, -0.2) is 0 Å². The molecule has 0 radical (unpaired) electrons. The van der Waals surface area contributed by atoms with Gasteiger partial charge in [0, 0.05) is 18.3 Å². The lowest BCUT2D eigenvalue weighted by Crippen LogP contribution is -2.57. The summed E-state index contributed by atoms with van der Waals surface area (Å²) in [6.45, 7) is 6.38. The summed E-state index contributed by atoms with van der Waals surface area (Å²) in [4.78, 5) is 25.6.